The van der Waals surface area contributed by atoms with E-state index in [4.69, 9.17) is 14.2 Å². The number of benzene rings is 1. The number of rotatable bonds is 6. The lowest BCUT2D eigenvalue weighted by molar-refractivity contribution is -0.169. The van der Waals surface area contributed by atoms with Crippen molar-refractivity contribution in [2.75, 3.05) is 27.2 Å². The number of amides is 1. The van der Waals surface area contributed by atoms with Crippen molar-refractivity contribution in [2.45, 2.75) is 61.9 Å². The summed E-state index contributed by atoms with van der Waals surface area (Å²) >= 11 is 0. The number of carbonyl (C=O) groups is 2. The summed E-state index contributed by atoms with van der Waals surface area (Å²) in [7, 11) is 3.63. The Morgan fingerprint density at radius 1 is 1.39 bits per heavy atom. The Balaban J connectivity index is 1.47. The highest BCUT2D eigenvalue weighted by Gasteiger charge is 2.72. The van der Waals surface area contributed by atoms with Gasteiger partial charge in [0.25, 0.3) is 0 Å². The number of likely N-dealkylation sites (N-methyl/N-ethyl adjacent to an activating group) is 1. The Bertz CT molecular complexity index is 1040. The molecule has 0 saturated carbocycles. The first kappa shape index (κ1) is 22.2. The molecule has 9 heteroatoms. The van der Waals surface area contributed by atoms with Crippen molar-refractivity contribution in [2.24, 2.45) is 0 Å². The van der Waals surface area contributed by atoms with Crippen molar-refractivity contribution >= 4 is 11.9 Å². The summed E-state index contributed by atoms with van der Waals surface area (Å²) in [5.74, 6) is 0.553. The summed E-state index contributed by atoms with van der Waals surface area (Å²) in [5.41, 5.74) is 0.315. The summed E-state index contributed by atoms with van der Waals surface area (Å²) in [6, 6.07) is 3.86. The lowest BCUT2D eigenvalue weighted by atomic mass is 9.50. The maximum Gasteiger partial charge on any atom is 0.312 e. The zero-order valence-corrected chi connectivity index (χ0v) is 19.1. The van der Waals surface area contributed by atoms with E-state index in [0.717, 1.165) is 17.7 Å². The van der Waals surface area contributed by atoms with Gasteiger partial charge in [-0.3, -0.25) is 9.59 Å². The van der Waals surface area contributed by atoms with E-state index in [9.17, 15) is 19.8 Å². The first-order chi connectivity index (χ1) is 15.7. The van der Waals surface area contributed by atoms with E-state index in [1.165, 1.54) is 6.92 Å². The van der Waals surface area contributed by atoms with Crippen LogP contribution in [-0.2, 0) is 26.2 Å². The third kappa shape index (κ3) is 3.02. The minimum Gasteiger partial charge on any atom is -0.493 e. The van der Waals surface area contributed by atoms with Gasteiger partial charge in [-0.15, -0.1) is 0 Å². The van der Waals surface area contributed by atoms with Gasteiger partial charge in [0, 0.05) is 24.6 Å². The molecule has 4 aliphatic rings. The molecule has 178 valence electrons. The van der Waals surface area contributed by atoms with Gasteiger partial charge in [-0.2, -0.15) is 0 Å². The molecule has 5 rings (SSSR count). The first-order valence-electron chi connectivity index (χ1n) is 11.4. The largest absolute Gasteiger partial charge is 0.493 e. The molecule has 0 aromatic heterocycles. The van der Waals surface area contributed by atoms with Crippen molar-refractivity contribution in [3.63, 3.8) is 0 Å². The number of ether oxygens (including phenoxy) is 3. The van der Waals surface area contributed by atoms with Crippen molar-refractivity contribution < 1.29 is 34.0 Å². The highest BCUT2D eigenvalue weighted by atomic mass is 16.6. The number of hydrogen-bond acceptors (Lipinski definition) is 8. The Morgan fingerprint density at radius 3 is 2.91 bits per heavy atom. The number of aliphatic hydroxyl groups is 2. The number of aliphatic hydroxyl groups excluding tert-OH is 1. The fourth-order valence-electron chi connectivity index (χ4n) is 6.21. The monoisotopic (exact) mass is 458 g/mol. The molecule has 5 atom stereocenters. The molecule has 1 amide bonds. The van der Waals surface area contributed by atoms with E-state index in [0.29, 0.717) is 36.5 Å². The van der Waals surface area contributed by atoms with Crippen LogP contribution in [0.15, 0.2) is 24.0 Å². The summed E-state index contributed by atoms with van der Waals surface area (Å²) in [6.45, 7) is 2.20. The average molecular weight is 459 g/mol. The van der Waals surface area contributed by atoms with Crippen LogP contribution in [0.1, 0.15) is 37.3 Å². The van der Waals surface area contributed by atoms with E-state index in [1.54, 1.807) is 13.2 Å². The smallest absolute Gasteiger partial charge is 0.312 e. The van der Waals surface area contributed by atoms with Crippen molar-refractivity contribution in [1.29, 1.82) is 0 Å². The molecule has 1 aromatic carbocycles. The van der Waals surface area contributed by atoms with Gasteiger partial charge in [-0.05, 0) is 51.1 Å². The number of methoxy groups -OCH3 is 1. The molecule has 2 aliphatic heterocycles. The fraction of sp³-hybridized carbons (Fsp3) is 0.583. The van der Waals surface area contributed by atoms with Gasteiger partial charge in [0.2, 0.25) is 5.91 Å². The summed E-state index contributed by atoms with van der Waals surface area (Å²) in [4.78, 5) is 26.3. The van der Waals surface area contributed by atoms with Gasteiger partial charge in [0.15, 0.2) is 17.6 Å². The lowest BCUT2D eigenvalue weighted by Crippen LogP contribution is -2.74. The molecule has 2 aliphatic carbocycles. The van der Waals surface area contributed by atoms with Crippen LogP contribution < -0.4 is 14.8 Å². The first-order valence-corrected chi connectivity index (χ1v) is 11.4. The molecule has 3 N–H and O–H groups in total. The Kier molecular flexibility index (Phi) is 5.19. The number of likely N-dealkylation sites (tertiary alicyclic amines) is 1. The van der Waals surface area contributed by atoms with E-state index < -0.39 is 35.1 Å². The molecule has 1 saturated heterocycles. The number of nitrogens with zero attached hydrogens (tertiary/aromatic N) is 1. The van der Waals surface area contributed by atoms with E-state index in [1.807, 2.05) is 19.2 Å². The van der Waals surface area contributed by atoms with Crippen LogP contribution in [0.3, 0.4) is 0 Å². The van der Waals surface area contributed by atoms with Crippen molar-refractivity contribution in [3.8, 4) is 11.5 Å². The molecule has 2 bridgehead atoms. The molecule has 1 spiro atoms. The summed E-state index contributed by atoms with van der Waals surface area (Å²) < 4.78 is 17.7. The summed E-state index contributed by atoms with van der Waals surface area (Å²) in [5, 5.41) is 23.9. The van der Waals surface area contributed by atoms with Gasteiger partial charge in [-0.1, -0.05) is 6.07 Å². The van der Waals surface area contributed by atoms with Crippen LogP contribution in [0.4, 0.5) is 0 Å². The molecule has 1 aromatic rings. The molecule has 2 unspecified atom stereocenters. The molecular formula is C24H30N2O7. The average Bonchev–Trinajstić information content (AvgIpc) is 3.13. The second-order valence-corrected chi connectivity index (χ2v) is 9.48. The Hall–Kier alpha value is -2.62. The minimum absolute atomic E-state index is 0.0489. The van der Waals surface area contributed by atoms with Crippen LogP contribution >= 0.6 is 0 Å². The minimum atomic E-state index is -1.14. The van der Waals surface area contributed by atoms with Crippen LogP contribution in [0.2, 0.25) is 0 Å². The number of nitrogens with one attached hydrogen (secondary N) is 1. The maximum absolute atomic E-state index is 12.6. The highest BCUT2D eigenvalue weighted by Crippen LogP contribution is 2.65. The second-order valence-electron chi connectivity index (χ2n) is 9.48. The molecule has 33 heavy (non-hydrogen) atoms. The molecule has 2 heterocycles. The number of piperidine rings is 1. The zero-order valence-electron chi connectivity index (χ0n) is 19.1. The van der Waals surface area contributed by atoms with Gasteiger partial charge in [-0.25, -0.2) is 0 Å². The molecule has 9 nitrogen and oxygen atoms in total. The van der Waals surface area contributed by atoms with E-state index in [2.05, 4.69) is 10.2 Å². The quantitative estimate of drug-likeness (QED) is 0.525. The third-order valence-electron chi connectivity index (χ3n) is 7.80. The predicted molar refractivity (Wildman–Crippen MR) is 117 cm³/mol. The van der Waals surface area contributed by atoms with Crippen LogP contribution in [0.25, 0.3) is 0 Å². The van der Waals surface area contributed by atoms with Gasteiger partial charge in [0.1, 0.15) is 11.9 Å². The number of esters is 1. The standard InChI is InChI=1S/C24H30N2O7/c1-13(27)22(29)25-10-7-18(28)32-16-6-8-24(30)17-12-14-4-5-15(31-3)20-19(14)23(24,21(16)33-20)9-11-26(17)2/h4-6,13,17,21,27,30H,7-12H2,1-3H3,(H,25,29)/t13-,17+,21?,23?,24+/m0/s1. The normalized spacial score (nSPS) is 32.2. The summed E-state index contributed by atoms with van der Waals surface area (Å²) in [6.07, 6.45) is 1.65. The third-order valence-corrected chi connectivity index (χ3v) is 7.80. The highest BCUT2D eigenvalue weighted by molar-refractivity contribution is 5.80. The maximum atomic E-state index is 12.6. The van der Waals surface area contributed by atoms with E-state index in [-0.39, 0.29) is 19.0 Å². The SMILES string of the molecule is COc1ccc2c3c1OC1C(OC(=O)CCNC(=O)[C@H](C)O)=CC[C@@]4(O)[C@@H](C2)N(C)CCC314. The lowest BCUT2D eigenvalue weighted by Gasteiger charge is -2.61. The van der Waals surface area contributed by atoms with Crippen LogP contribution in [-0.4, -0.2) is 78.1 Å². The number of carbonyl (C=O) groups excluding carboxylic acids is 2. The molecule has 0 radical (unpaired) electrons. The second kappa shape index (κ2) is 7.72. The predicted octanol–water partition coefficient (Wildman–Crippen LogP) is 0.403. The fourth-order valence-corrected chi connectivity index (χ4v) is 6.21. The van der Waals surface area contributed by atoms with Gasteiger partial charge < -0.3 is 34.6 Å². The van der Waals surface area contributed by atoms with Crippen molar-refractivity contribution in [3.05, 3.63) is 35.1 Å². The molecule has 1 fully saturated rings. The van der Waals surface area contributed by atoms with E-state index >= 15 is 0 Å². The molecular weight excluding hydrogens is 428 g/mol. The van der Waals surface area contributed by atoms with Crippen LogP contribution in [0, 0.1) is 0 Å². The number of hydrogen-bond donors (Lipinski definition) is 3. The Morgan fingerprint density at radius 2 is 2.18 bits per heavy atom. The topological polar surface area (TPSA) is 118 Å². The zero-order chi connectivity index (χ0) is 23.5. The Labute approximate surface area is 192 Å². The van der Waals surface area contributed by atoms with Crippen molar-refractivity contribution in [1.82, 2.24) is 10.2 Å². The van der Waals surface area contributed by atoms with Gasteiger partial charge >= 0.3 is 5.97 Å². The van der Waals surface area contributed by atoms with Gasteiger partial charge in [0.05, 0.1) is 24.5 Å². The van der Waals surface area contributed by atoms with Crippen LogP contribution in [0.5, 0.6) is 11.5 Å².